The molecule has 0 amide bonds. The molecule has 4 N–H and O–H groups in total. The lowest BCUT2D eigenvalue weighted by Crippen LogP contribution is -2.60. The lowest BCUT2D eigenvalue weighted by Gasteiger charge is -2.42. The molecule has 1 saturated carbocycles. The zero-order valence-corrected chi connectivity index (χ0v) is 14.9. The summed E-state index contributed by atoms with van der Waals surface area (Å²) in [6.07, 6.45) is -6.96. The minimum Gasteiger partial charge on any atom is -0.472 e. The Morgan fingerprint density at radius 2 is 1.93 bits per heavy atom. The van der Waals surface area contributed by atoms with Crippen molar-refractivity contribution >= 4 is 11.8 Å². The fourth-order valence-corrected chi connectivity index (χ4v) is 3.92. The maximum absolute atomic E-state index is 12.2. The second-order valence-corrected chi connectivity index (χ2v) is 7.05. The first kappa shape index (κ1) is 20.2. The van der Waals surface area contributed by atoms with Crippen LogP contribution in [0, 0.1) is 17.8 Å². The van der Waals surface area contributed by atoms with Crippen molar-refractivity contribution in [2.24, 2.45) is 17.8 Å². The quantitative estimate of drug-likeness (QED) is 0.400. The van der Waals surface area contributed by atoms with Crippen LogP contribution in [-0.4, -0.2) is 82.9 Å². The summed E-state index contributed by atoms with van der Waals surface area (Å²) in [5.41, 5.74) is 0.230. The number of rotatable bonds is 4. The van der Waals surface area contributed by atoms with Gasteiger partial charge in [0.25, 0.3) is 0 Å². The number of Topliss-reactive ketones (excluding diaryl/α,β-unsaturated/α-hetero) is 1. The first-order chi connectivity index (χ1) is 12.8. The lowest BCUT2D eigenvalue weighted by molar-refractivity contribution is -0.342. The van der Waals surface area contributed by atoms with Crippen LogP contribution in [0.2, 0.25) is 0 Å². The number of hydrogen-bond acceptors (Lipinski definition) is 10. The Morgan fingerprint density at radius 3 is 2.56 bits per heavy atom. The highest BCUT2D eigenvalue weighted by molar-refractivity contribution is 5.92. The molecule has 27 heavy (non-hydrogen) atoms. The summed E-state index contributed by atoms with van der Waals surface area (Å²) in [7, 11) is 1.23. The minimum absolute atomic E-state index is 0.0623. The number of aliphatic hydroxyl groups is 4. The Labute approximate surface area is 155 Å². The highest BCUT2D eigenvalue weighted by atomic mass is 16.8. The van der Waals surface area contributed by atoms with Crippen molar-refractivity contribution in [1.29, 1.82) is 0 Å². The molecule has 0 bridgehead atoms. The second kappa shape index (κ2) is 7.82. The molecular formula is C17H24O10. The van der Waals surface area contributed by atoms with Gasteiger partial charge in [0.15, 0.2) is 6.29 Å². The Morgan fingerprint density at radius 1 is 1.22 bits per heavy atom. The van der Waals surface area contributed by atoms with E-state index in [2.05, 4.69) is 0 Å². The van der Waals surface area contributed by atoms with Crippen molar-refractivity contribution in [1.82, 2.24) is 0 Å². The molecule has 0 aromatic heterocycles. The van der Waals surface area contributed by atoms with Crippen LogP contribution < -0.4 is 0 Å². The molecule has 3 aliphatic rings. The number of ether oxygens (including phenoxy) is 4. The van der Waals surface area contributed by atoms with Crippen LogP contribution in [0.25, 0.3) is 0 Å². The van der Waals surface area contributed by atoms with Gasteiger partial charge in [0, 0.05) is 24.2 Å². The van der Waals surface area contributed by atoms with Gasteiger partial charge in [0.2, 0.25) is 6.29 Å². The van der Waals surface area contributed by atoms with Crippen LogP contribution in [0.5, 0.6) is 0 Å². The summed E-state index contributed by atoms with van der Waals surface area (Å²) in [5.74, 6) is -2.13. The van der Waals surface area contributed by atoms with Gasteiger partial charge in [-0.1, -0.05) is 6.92 Å². The van der Waals surface area contributed by atoms with Crippen molar-refractivity contribution in [2.45, 2.75) is 50.3 Å². The minimum atomic E-state index is -1.59. The Hall–Kier alpha value is -1.56. The van der Waals surface area contributed by atoms with E-state index in [1.807, 2.05) is 0 Å². The summed E-state index contributed by atoms with van der Waals surface area (Å²) in [6, 6.07) is 0. The molecule has 0 unspecified atom stereocenters. The largest absolute Gasteiger partial charge is 0.472 e. The van der Waals surface area contributed by atoms with E-state index in [4.69, 9.17) is 18.9 Å². The third-order valence-corrected chi connectivity index (χ3v) is 5.55. The Balaban J connectivity index is 1.81. The van der Waals surface area contributed by atoms with Crippen LogP contribution in [-0.2, 0) is 28.5 Å². The van der Waals surface area contributed by atoms with Crippen molar-refractivity contribution in [3.63, 3.8) is 0 Å². The fraction of sp³-hybridized carbons (Fsp3) is 0.765. The Kier molecular flexibility index (Phi) is 5.84. The van der Waals surface area contributed by atoms with E-state index in [0.717, 1.165) is 0 Å². The fourth-order valence-electron chi connectivity index (χ4n) is 3.92. The third-order valence-electron chi connectivity index (χ3n) is 5.55. The number of carbonyl (C=O) groups is 2. The highest BCUT2D eigenvalue weighted by Gasteiger charge is 2.53. The van der Waals surface area contributed by atoms with Crippen molar-refractivity contribution < 1.29 is 49.0 Å². The monoisotopic (exact) mass is 388 g/mol. The number of methoxy groups -OCH3 is 1. The normalized spacial score (nSPS) is 44.3. The molecule has 1 aliphatic carbocycles. The van der Waals surface area contributed by atoms with E-state index >= 15 is 0 Å². The lowest BCUT2D eigenvalue weighted by atomic mass is 9.83. The van der Waals surface area contributed by atoms with E-state index in [1.165, 1.54) is 13.4 Å². The van der Waals surface area contributed by atoms with Crippen LogP contribution in [0.3, 0.4) is 0 Å². The number of hydrogen-bond donors (Lipinski definition) is 4. The molecule has 1 saturated heterocycles. The van der Waals surface area contributed by atoms with Crippen molar-refractivity contribution in [3.05, 3.63) is 11.8 Å². The van der Waals surface area contributed by atoms with Crippen LogP contribution >= 0.6 is 0 Å². The molecular weight excluding hydrogens is 364 g/mol. The number of fused-ring (bicyclic) bond motifs is 1. The summed E-state index contributed by atoms with van der Waals surface area (Å²) < 4.78 is 21.2. The number of aliphatic hydroxyl groups excluding tert-OH is 4. The standard InChI is InChI=1S/C17H24O10/c1-6-9(19)3-7-8(15(23)24-2)5-25-16(11(6)7)27-17-14(22)13(21)12(20)10(4-18)26-17/h5-7,10-14,16-18,20-22H,3-4H2,1-2H3/t6-,7-,10+,11-,12+,13-,14+,16+,17-/m0/s1. The van der Waals surface area contributed by atoms with E-state index in [-0.39, 0.29) is 17.8 Å². The van der Waals surface area contributed by atoms with Gasteiger partial charge in [-0.25, -0.2) is 4.79 Å². The summed E-state index contributed by atoms with van der Waals surface area (Å²) in [6.45, 7) is 1.10. The van der Waals surface area contributed by atoms with Gasteiger partial charge < -0.3 is 39.4 Å². The van der Waals surface area contributed by atoms with E-state index < -0.39 is 67.3 Å². The van der Waals surface area contributed by atoms with Gasteiger partial charge in [-0.05, 0) is 0 Å². The maximum Gasteiger partial charge on any atom is 0.337 e. The van der Waals surface area contributed by atoms with Crippen molar-refractivity contribution in [2.75, 3.05) is 13.7 Å². The average molecular weight is 388 g/mol. The first-order valence-electron chi connectivity index (χ1n) is 8.72. The zero-order valence-electron chi connectivity index (χ0n) is 14.9. The molecule has 0 spiro atoms. The summed E-state index contributed by atoms with van der Waals surface area (Å²) in [4.78, 5) is 24.2. The second-order valence-electron chi connectivity index (χ2n) is 7.05. The van der Waals surface area contributed by atoms with Gasteiger partial charge in [-0.2, -0.15) is 0 Å². The van der Waals surface area contributed by atoms with E-state index in [9.17, 15) is 30.0 Å². The molecule has 2 heterocycles. The molecule has 0 aromatic rings. The topological polar surface area (TPSA) is 152 Å². The maximum atomic E-state index is 12.2. The molecule has 152 valence electrons. The van der Waals surface area contributed by atoms with Crippen LogP contribution in [0.15, 0.2) is 11.8 Å². The summed E-state index contributed by atoms with van der Waals surface area (Å²) >= 11 is 0. The van der Waals surface area contributed by atoms with Gasteiger partial charge in [0.1, 0.15) is 30.2 Å². The SMILES string of the molecule is COC(=O)C1=CO[C@H](O[C@@H]2O[C@H](CO)[C@@H](O)[C@H](O)[C@H]2O)[C@H]2[C@@H](C)C(=O)C[C@@H]12. The zero-order chi connectivity index (χ0) is 19.9. The van der Waals surface area contributed by atoms with Gasteiger partial charge in [-0.3, -0.25) is 4.79 Å². The highest BCUT2D eigenvalue weighted by Crippen LogP contribution is 2.45. The number of carbonyl (C=O) groups excluding carboxylic acids is 2. The molecule has 0 aromatic carbocycles. The van der Waals surface area contributed by atoms with Crippen molar-refractivity contribution in [3.8, 4) is 0 Å². The Bertz CT molecular complexity index is 617. The van der Waals surface area contributed by atoms with Gasteiger partial charge >= 0.3 is 5.97 Å². The molecule has 9 atom stereocenters. The number of esters is 1. The van der Waals surface area contributed by atoms with Gasteiger partial charge in [-0.15, -0.1) is 0 Å². The molecule has 2 aliphatic heterocycles. The number of ketones is 1. The smallest absolute Gasteiger partial charge is 0.337 e. The first-order valence-corrected chi connectivity index (χ1v) is 8.72. The predicted molar refractivity (Wildman–Crippen MR) is 85.6 cm³/mol. The van der Waals surface area contributed by atoms with E-state index in [0.29, 0.717) is 0 Å². The van der Waals surface area contributed by atoms with Gasteiger partial charge in [0.05, 0.1) is 25.6 Å². The molecule has 10 heteroatoms. The molecule has 2 fully saturated rings. The molecule has 10 nitrogen and oxygen atoms in total. The predicted octanol–water partition coefficient (Wildman–Crippen LogP) is -1.94. The third kappa shape index (κ3) is 3.48. The average Bonchev–Trinajstić information content (AvgIpc) is 2.96. The molecule has 0 radical (unpaired) electrons. The van der Waals surface area contributed by atoms with Crippen LogP contribution in [0.1, 0.15) is 13.3 Å². The molecule has 3 rings (SSSR count). The van der Waals surface area contributed by atoms with E-state index in [1.54, 1.807) is 6.92 Å². The van der Waals surface area contributed by atoms with Crippen LogP contribution in [0.4, 0.5) is 0 Å². The summed E-state index contributed by atoms with van der Waals surface area (Å²) in [5, 5.41) is 39.1.